The second kappa shape index (κ2) is 8.78. The molecule has 1 unspecified atom stereocenters. The Hall–Kier alpha value is -0.420. The Labute approximate surface area is 128 Å². The Balaban J connectivity index is 2.82. The largest absolute Gasteiger partial charge is 0.329 e. The Kier molecular flexibility index (Phi) is 7.74. The molecule has 0 aliphatic carbocycles. The van der Waals surface area contributed by atoms with Crippen LogP contribution in [0.2, 0.25) is 0 Å². The first-order chi connectivity index (χ1) is 9.47. The average Bonchev–Trinajstić information content (AvgIpc) is 2.84. The first-order valence-corrected chi connectivity index (χ1v) is 8.47. The van der Waals surface area contributed by atoms with E-state index in [2.05, 4.69) is 56.8 Å². The fraction of sp³-hybridized carbons (Fsp3) is 0.750. The predicted octanol–water partition coefficient (Wildman–Crippen LogP) is 2.83. The number of hydrogen-bond donors (Lipinski definition) is 1. The zero-order valence-electron chi connectivity index (χ0n) is 13.7. The van der Waals surface area contributed by atoms with Crippen molar-refractivity contribution >= 4 is 11.3 Å². The van der Waals surface area contributed by atoms with Gasteiger partial charge in [-0.1, -0.05) is 20.8 Å². The van der Waals surface area contributed by atoms with Gasteiger partial charge in [-0.15, -0.1) is 11.3 Å². The van der Waals surface area contributed by atoms with Crippen molar-refractivity contribution in [1.29, 1.82) is 0 Å². The lowest BCUT2D eigenvalue weighted by molar-refractivity contribution is 0.166. The minimum Gasteiger partial charge on any atom is -0.329 e. The van der Waals surface area contributed by atoms with Gasteiger partial charge in [-0.3, -0.25) is 4.90 Å². The highest BCUT2D eigenvalue weighted by Crippen LogP contribution is 2.28. The van der Waals surface area contributed by atoms with Crippen molar-refractivity contribution in [2.24, 2.45) is 11.7 Å². The van der Waals surface area contributed by atoms with Crippen LogP contribution < -0.4 is 5.73 Å². The molecule has 0 saturated carbocycles. The lowest BCUT2D eigenvalue weighted by Crippen LogP contribution is -2.40. The lowest BCUT2D eigenvalue weighted by Gasteiger charge is -2.32. The maximum atomic E-state index is 6.09. The van der Waals surface area contributed by atoms with Gasteiger partial charge in [0, 0.05) is 35.9 Å². The van der Waals surface area contributed by atoms with Crippen molar-refractivity contribution in [2.45, 2.75) is 33.2 Å². The van der Waals surface area contributed by atoms with Crippen molar-refractivity contribution in [3.8, 4) is 0 Å². The van der Waals surface area contributed by atoms with Crippen molar-refractivity contribution in [3.63, 3.8) is 0 Å². The fourth-order valence-corrected chi connectivity index (χ4v) is 3.48. The molecular formula is C16H31N3S. The van der Waals surface area contributed by atoms with E-state index in [1.54, 1.807) is 0 Å². The molecule has 4 heteroatoms. The molecule has 0 saturated heterocycles. The lowest BCUT2D eigenvalue weighted by atomic mass is 10.1. The van der Waals surface area contributed by atoms with Gasteiger partial charge in [0.2, 0.25) is 0 Å². The van der Waals surface area contributed by atoms with E-state index in [-0.39, 0.29) is 0 Å². The number of hydrogen-bond acceptors (Lipinski definition) is 4. The van der Waals surface area contributed by atoms with E-state index < -0.39 is 0 Å². The maximum Gasteiger partial charge on any atom is 0.0564 e. The highest BCUT2D eigenvalue weighted by atomic mass is 32.1. The molecular weight excluding hydrogens is 266 g/mol. The summed E-state index contributed by atoms with van der Waals surface area (Å²) in [5, 5.41) is 0. The van der Waals surface area contributed by atoms with Crippen LogP contribution >= 0.6 is 11.3 Å². The smallest absolute Gasteiger partial charge is 0.0564 e. The van der Waals surface area contributed by atoms with Gasteiger partial charge in [0.1, 0.15) is 0 Å². The van der Waals surface area contributed by atoms with Gasteiger partial charge in [-0.2, -0.15) is 0 Å². The molecule has 0 aliphatic heterocycles. The molecule has 1 rings (SSSR count). The van der Waals surface area contributed by atoms with Gasteiger partial charge in [0.25, 0.3) is 0 Å². The third-order valence-corrected chi connectivity index (χ3v) is 4.79. The van der Waals surface area contributed by atoms with E-state index >= 15 is 0 Å². The third-order valence-electron chi connectivity index (χ3n) is 3.46. The summed E-state index contributed by atoms with van der Waals surface area (Å²) in [5.74, 6) is 0.664. The molecule has 20 heavy (non-hydrogen) atoms. The van der Waals surface area contributed by atoms with Crippen LogP contribution in [0.3, 0.4) is 0 Å². The first-order valence-electron chi connectivity index (χ1n) is 7.65. The summed E-state index contributed by atoms with van der Waals surface area (Å²) in [7, 11) is 4.26. The Morgan fingerprint density at radius 2 is 1.90 bits per heavy atom. The van der Waals surface area contributed by atoms with Crippen molar-refractivity contribution < 1.29 is 0 Å². The molecule has 116 valence electrons. The van der Waals surface area contributed by atoms with Crippen LogP contribution in [0.4, 0.5) is 0 Å². The second-order valence-corrected chi connectivity index (χ2v) is 7.30. The minimum atomic E-state index is 0.364. The van der Waals surface area contributed by atoms with E-state index in [0.29, 0.717) is 18.5 Å². The third kappa shape index (κ3) is 5.52. The predicted molar refractivity (Wildman–Crippen MR) is 90.5 cm³/mol. The Morgan fingerprint density at radius 1 is 1.20 bits per heavy atom. The quantitative estimate of drug-likeness (QED) is 0.761. The fourth-order valence-electron chi connectivity index (χ4n) is 2.38. The standard InChI is InChI=1S/C16H31N3S/c1-6-14-7-8-16(20-14)15(11-17)19(12-13(2)3)10-9-18(4)5/h7-8,13,15H,6,9-12,17H2,1-5H3. The summed E-state index contributed by atoms with van der Waals surface area (Å²) >= 11 is 1.92. The number of likely N-dealkylation sites (N-methyl/N-ethyl adjacent to an activating group) is 1. The summed E-state index contributed by atoms with van der Waals surface area (Å²) in [6, 6.07) is 4.88. The molecule has 0 radical (unpaired) electrons. The molecule has 3 nitrogen and oxygen atoms in total. The van der Waals surface area contributed by atoms with E-state index in [0.717, 1.165) is 26.1 Å². The summed E-state index contributed by atoms with van der Waals surface area (Å²) in [4.78, 5) is 7.67. The van der Waals surface area contributed by atoms with Crippen LogP contribution in [-0.2, 0) is 6.42 Å². The highest BCUT2D eigenvalue weighted by Gasteiger charge is 2.21. The van der Waals surface area contributed by atoms with Crippen molar-refractivity contribution in [2.75, 3.05) is 40.3 Å². The van der Waals surface area contributed by atoms with Crippen LogP contribution in [0.25, 0.3) is 0 Å². The van der Waals surface area contributed by atoms with E-state index in [4.69, 9.17) is 5.73 Å². The molecule has 0 aromatic carbocycles. The van der Waals surface area contributed by atoms with Gasteiger partial charge < -0.3 is 10.6 Å². The maximum absolute atomic E-state index is 6.09. The van der Waals surface area contributed by atoms with Crippen LogP contribution in [0.15, 0.2) is 12.1 Å². The number of thiophene rings is 1. The highest BCUT2D eigenvalue weighted by molar-refractivity contribution is 7.12. The van der Waals surface area contributed by atoms with Gasteiger partial charge in [0.15, 0.2) is 0 Å². The molecule has 0 fully saturated rings. The molecule has 0 amide bonds. The molecule has 1 aromatic rings. The van der Waals surface area contributed by atoms with E-state index in [9.17, 15) is 0 Å². The molecule has 0 spiro atoms. The van der Waals surface area contributed by atoms with Gasteiger partial charge in [-0.25, -0.2) is 0 Å². The number of aryl methyl sites for hydroxylation is 1. The van der Waals surface area contributed by atoms with Gasteiger partial charge in [0.05, 0.1) is 6.04 Å². The van der Waals surface area contributed by atoms with E-state index in [1.165, 1.54) is 9.75 Å². The summed E-state index contributed by atoms with van der Waals surface area (Å²) in [5.41, 5.74) is 6.09. The molecule has 1 atom stereocenters. The molecule has 1 heterocycles. The van der Waals surface area contributed by atoms with Crippen LogP contribution in [-0.4, -0.2) is 50.1 Å². The molecule has 2 N–H and O–H groups in total. The van der Waals surface area contributed by atoms with Crippen molar-refractivity contribution in [3.05, 3.63) is 21.9 Å². The minimum absolute atomic E-state index is 0.364. The summed E-state index contributed by atoms with van der Waals surface area (Å²) < 4.78 is 0. The zero-order valence-corrected chi connectivity index (χ0v) is 14.5. The van der Waals surface area contributed by atoms with Crippen molar-refractivity contribution in [1.82, 2.24) is 9.80 Å². The van der Waals surface area contributed by atoms with Gasteiger partial charge in [-0.05, 0) is 38.6 Å². The monoisotopic (exact) mass is 297 g/mol. The SMILES string of the molecule is CCc1ccc(C(CN)N(CCN(C)C)CC(C)C)s1. The molecule has 0 aliphatic rings. The first kappa shape index (κ1) is 17.6. The molecule has 1 aromatic heterocycles. The summed E-state index contributed by atoms with van der Waals surface area (Å²) in [6.45, 7) is 10.7. The normalized spacial score (nSPS) is 13.7. The van der Waals surface area contributed by atoms with Crippen LogP contribution in [0.1, 0.15) is 36.6 Å². The second-order valence-electron chi connectivity index (χ2n) is 6.10. The van der Waals surface area contributed by atoms with Crippen LogP contribution in [0, 0.1) is 5.92 Å². The molecule has 0 bridgehead atoms. The Bertz CT molecular complexity index is 374. The number of nitrogens with zero attached hydrogens (tertiary/aromatic N) is 2. The number of nitrogens with two attached hydrogens (primary N) is 1. The average molecular weight is 298 g/mol. The topological polar surface area (TPSA) is 32.5 Å². The van der Waals surface area contributed by atoms with E-state index in [1.807, 2.05) is 11.3 Å². The van der Waals surface area contributed by atoms with Crippen LogP contribution in [0.5, 0.6) is 0 Å². The summed E-state index contributed by atoms with van der Waals surface area (Å²) in [6.07, 6.45) is 1.11. The van der Waals surface area contributed by atoms with Gasteiger partial charge >= 0.3 is 0 Å². The number of rotatable bonds is 9. The zero-order chi connectivity index (χ0) is 15.1. The Morgan fingerprint density at radius 3 is 2.35 bits per heavy atom.